The molecule has 3 aromatic heterocycles. The number of aromatic amines is 1. The van der Waals surface area contributed by atoms with Gasteiger partial charge in [0.25, 0.3) is 5.56 Å². The van der Waals surface area contributed by atoms with Gasteiger partial charge in [-0.25, -0.2) is 9.37 Å². The van der Waals surface area contributed by atoms with Gasteiger partial charge in [0.1, 0.15) is 23.5 Å². The zero-order valence-corrected chi connectivity index (χ0v) is 21.0. The van der Waals surface area contributed by atoms with E-state index in [1.165, 1.54) is 35.3 Å². The highest BCUT2D eigenvalue weighted by Crippen LogP contribution is 2.32. The van der Waals surface area contributed by atoms with Gasteiger partial charge in [-0.05, 0) is 36.4 Å². The summed E-state index contributed by atoms with van der Waals surface area (Å²) < 4.78 is 59.0. The van der Waals surface area contributed by atoms with E-state index in [1.54, 1.807) is 30.3 Å². The number of H-pyrrole nitrogens is 1. The Morgan fingerprint density at radius 3 is 2.39 bits per heavy atom. The summed E-state index contributed by atoms with van der Waals surface area (Å²) in [4.78, 5) is 20.3. The Labute approximate surface area is 218 Å². The third-order valence-electron chi connectivity index (χ3n) is 5.18. The number of rotatable bonds is 6. The number of halogens is 4. The number of hydrogen-bond donors (Lipinski definition) is 1. The third-order valence-corrected chi connectivity index (χ3v) is 6.20. The zero-order valence-electron chi connectivity index (χ0n) is 20.2. The normalized spacial score (nSPS) is 11.2. The summed E-state index contributed by atoms with van der Waals surface area (Å²) in [5.41, 5.74) is 0.434. The van der Waals surface area contributed by atoms with Crippen LogP contribution in [0.1, 0.15) is 25.0 Å². The molecule has 2 aromatic carbocycles. The molecule has 0 fully saturated rings. The lowest BCUT2D eigenvalue weighted by atomic mass is 10.2. The van der Waals surface area contributed by atoms with Crippen molar-refractivity contribution in [2.24, 2.45) is 0 Å². The first-order valence-corrected chi connectivity index (χ1v) is 12.3. The fourth-order valence-corrected chi connectivity index (χ4v) is 4.19. The van der Waals surface area contributed by atoms with Crippen molar-refractivity contribution in [3.05, 3.63) is 100 Å². The molecule has 1 N–H and O–H groups in total. The van der Waals surface area contributed by atoms with Crippen LogP contribution in [0, 0.1) is 5.82 Å². The van der Waals surface area contributed by atoms with Gasteiger partial charge in [-0.2, -0.15) is 18.3 Å². The maximum Gasteiger partial charge on any atom is 0.416 e. The van der Waals surface area contributed by atoms with E-state index in [-0.39, 0.29) is 17.3 Å². The van der Waals surface area contributed by atoms with Crippen molar-refractivity contribution in [2.75, 3.05) is 0 Å². The second-order valence-electron chi connectivity index (χ2n) is 7.60. The SMILES string of the molecule is CC.O=c1[nH]c(-c2cc(-c3ccon3)n(Cc3ccccc3F)n2)ncc1Sc1ccc(C(F)(F)F)cc1. The number of nitrogens with one attached hydrogen (secondary N) is 1. The van der Waals surface area contributed by atoms with Crippen LogP contribution in [0.3, 0.4) is 0 Å². The summed E-state index contributed by atoms with van der Waals surface area (Å²) in [6.45, 7) is 4.10. The van der Waals surface area contributed by atoms with Crippen LogP contribution in [-0.2, 0) is 12.7 Å². The smallest absolute Gasteiger partial charge is 0.364 e. The number of aromatic nitrogens is 5. The molecule has 0 amide bonds. The molecule has 0 bridgehead atoms. The Hall–Kier alpha value is -4.19. The number of benzene rings is 2. The molecule has 0 aliphatic heterocycles. The Kier molecular flexibility index (Phi) is 8.10. The quantitative estimate of drug-likeness (QED) is 0.241. The lowest BCUT2D eigenvalue weighted by Crippen LogP contribution is -2.11. The fraction of sp³-hybridized carbons (Fsp3) is 0.154. The van der Waals surface area contributed by atoms with E-state index in [4.69, 9.17) is 4.52 Å². The average Bonchev–Trinajstić information content (AvgIpc) is 3.58. The molecule has 0 aliphatic carbocycles. The molecule has 0 aliphatic rings. The summed E-state index contributed by atoms with van der Waals surface area (Å²) in [6.07, 6.45) is -1.73. The standard InChI is InChI=1S/C24H15F4N5O2S.C2H6/c25-17-4-2-1-3-14(17)13-33-20(18-9-10-35-32-18)11-19(31-33)22-29-12-21(23(34)30-22)36-16-7-5-15(6-8-16)24(26,27)28;1-2/h1-12H,13H2,(H,29,30,34);1-2H3. The molecular formula is C26H21F4N5O2S. The van der Waals surface area contributed by atoms with Gasteiger partial charge in [-0.15, -0.1) is 0 Å². The van der Waals surface area contributed by atoms with E-state index >= 15 is 0 Å². The predicted octanol–water partition coefficient (Wildman–Crippen LogP) is 6.67. The van der Waals surface area contributed by atoms with E-state index in [0.29, 0.717) is 27.5 Å². The van der Waals surface area contributed by atoms with E-state index in [1.807, 2.05) is 13.8 Å². The number of hydrogen-bond acceptors (Lipinski definition) is 6. The van der Waals surface area contributed by atoms with Crippen LogP contribution in [0.4, 0.5) is 17.6 Å². The van der Waals surface area contributed by atoms with Crippen LogP contribution < -0.4 is 5.56 Å². The van der Waals surface area contributed by atoms with Gasteiger partial charge in [0.2, 0.25) is 0 Å². The first-order chi connectivity index (χ1) is 18.3. The molecule has 5 rings (SSSR count). The van der Waals surface area contributed by atoms with Crippen LogP contribution in [0.5, 0.6) is 0 Å². The summed E-state index contributed by atoms with van der Waals surface area (Å²) in [6, 6.07) is 14.0. The minimum Gasteiger partial charge on any atom is -0.364 e. The maximum atomic E-state index is 14.2. The van der Waals surface area contributed by atoms with Crippen molar-refractivity contribution in [3.63, 3.8) is 0 Å². The molecule has 0 atom stereocenters. The molecule has 0 radical (unpaired) electrons. The second-order valence-corrected chi connectivity index (χ2v) is 8.71. The lowest BCUT2D eigenvalue weighted by Gasteiger charge is -2.07. The first-order valence-electron chi connectivity index (χ1n) is 11.4. The highest BCUT2D eigenvalue weighted by atomic mass is 32.2. The van der Waals surface area contributed by atoms with E-state index < -0.39 is 23.1 Å². The lowest BCUT2D eigenvalue weighted by molar-refractivity contribution is -0.137. The molecule has 38 heavy (non-hydrogen) atoms. The summed E-state index contributed by atoms with van der Waals surface area (Å²) in [5.74, 6) is -0.231. The van der Waals surface area contributed by atoms with Crippen LogP contribution >= 0.6 is 11.8 Å². The van der Waals surface area contributed by atoms with Crippen molar-refractivity contribution in [1.82, 2.24) is 24.9 Å². The second kappa shape index (κ2) is 11.5. The van der Waals surface area contributed by atoms with Gasteiger partial charge in [0.05, 0.1) is 22.7 Å². The summed E-state index contributed by atoms with van der Waals surface area (Å²) in [7, 11) is 0. The van der Waals surface area contributed by atoms with Crippen LogP contribution in [-0.4, -0.2) is 24.9 Å². The molecule has 12 heteroatoms. The van der Waals surface area contributed by atoms with E-state index in [2.05, 4.69) is 20.2 Å². The first kappa shape index (κ1) is 26.9. The highest BCUT2D eigenvalue weighted by Gasteiger charge is 2.30. The van der Waals surface area contributed by atoms with Crippen LogP contribution in [0.25, 0.3) is 22.9 Å². The molecule has 0 spiro atoms. The van der Waals surface area contributed by atoms with E-state index in [0.717, 1.165) is 23.9 Å². The zero-order chi connectivity index (χ0) is 27.3. The van der Waals surface area contributed by atoms with Gasteiger partial charge in [0.15, 0.2) is 5.82 Å². The van der Waals surface area contributed by atoms with Gasteiger partial charge < -0.3 is 9.51 Å². The Morgan fingerprint density at radius 1 is 1.03 bits per heavy atom. The fourth-order valence-electron chi connectivity index (χ4n) is 3.42. The Balaban J connectivity index is 0.00000164. The Morgan fingerprint density at radius 2 is 1.76 bits per heavy atom. The molecule has 5 aromatic rings. The van der Waals surface area contributed by atoms with Gasteiger partial charge in [-0.1, -0.05) is 49.0 Å². The minimum absolute atomic E-state index is 0.0982. The summed E-state index contributed by atoms with van der Waals surface area (Å²) in [5, 5.41) is 8.40. The molecule has 3 heterocycles. The monoisotopic (exact) mass is 543 g/mol. The van der Waals surface area contributed by atoms with Crippen LogP contribution in [0.15, 0.2) is 92.2 Å². The third kappa shape index (κ3) is 6.02. The van der Waals surface area contributed by atoms with Crippen molar-refractivity contribution in [2.45, 2.75) is 36.4 Å². The van der Waals surface area contributed by atoms with Crippen molar-refractivity contribution >= 4 is 11.8 Å². The van der Waals surface area contributed by atoms with Crippen molar-refractivity contribution in [1.29, 1.82) is 0 Å². The van der Waals surface area contributed by atoms with E-state index in [9.17, 15) is 22.4 Å². The van der Waals surface area contributed by atoms with Gasteiger partial charge in [-0.3, -0.25) is 9.48 Å². The minimum atomic E-state index is -4.44. The average molecular weight is 544 g/mol. The van der Waals surface area contributed by atoms with Crippen molar-refractivity contribution in [3.8, 4) is 22.9 Å². The molecular weight excluding hydrogens is 522 g/mol. The van der Waals surface area contributed by atoms with Crippen LogP contribution in [0.2, 0.25) is 0 Å². The van der Waals surface area contributed by atoms with Crippen molar-refractivity contribution < 1.29 is 22.1 Å². The maximum absolute atomic E-state index is 14.2. The largest absolute Gasteiger partial charge is 0.416 e. The predicted molar refractivity (Wildman–Crippen MR) is 134 cm³/mol. The summed E-state index contributed by atoms with van der Waals surface area (Å²) >= 11 is 0.984. The molecule has 196 valence electrons. The topological polar surface area (TPSA) is 89.6 Å². The molecule has 0 saturated heterocycles. The Bertz CT molecular complexity index is 1560. The number of alkyl halides is 3. The number of nitrogens with zero attached hydrogens (tertiary/aromatic N) is 4. The molecule has 7 nitrogen and oxygen atoms in total. The van der Waals surface area contributed by atoms with Gasteiger partial charge in [0, 0.05) is 22.7 Å². The molecule has 0 saturated carbocycles. The highest BCUT2D eigenvalue weighted by molar-refractivity contribution is 7.99. The van der Waals surface area contributed by atoms with Gasteiger partial charge >= 0.3 is 6.18 Å². The molecule has 0 unspecified atom stereocenters.